The zero-order valence-corrected chi connectivity index (χ0v) is 19.4. The molecule has 0 radical (unpaired) electrons. The van der Waals surface area contributed by atoms with Crippen LogP contribution < -0.4 is 19.5 Å². The molecule has 0 spiro atoms. The Morgan fingerprint density at radius 2 is 1.72 bits per heavy atom. The van der Waals surface area contributed by atoms with Crippen molar-refractivity contribution < 1.29 is 22.7 Å². The minimum atomic E-state index is -3.73. The lowest BCUT2D eigenvalue weighted by molar-refractivity contribution is -0.122. The minimum Gasteiger partial charge on any atom is -0.495 e. The van der Waals surface area contributed by atoms with E-state index in [4.69, 9.17) is 9.47 Å². The van der Waals surface area contributed by atoms with Crippen molar-refractivity contribution in [2.24, 2.45) is 0 Å². The van der Waals surface area contributed by atoms with Crippen molar-refractivity contribution in [2.75, 3.05) is 12.4 Å². The first-order valence-corrected chi connectivity index (χ1v) is 11.9. The van der Waals surface area contributed by atoms with E-state index in [0.717, 1.165) is 10.8 Å². The molecular formula is C24H28N2O5S. The molecule has 3 rings (SSSR count). The molecule has 0 aliphatic carbocycles. The van der Waals surface area contributed by atoms with E-state index in [9.17, 15) is 13.2 Å². The van der Waals surface area contributed by atoms with Gasteiger partial charge >= 0.3 is 0 Å². The summed E-state index contributed by atoms with van der Waals surface area (Å²) in [5.41, 5.74) is 0.254. The summed E-state index contributed by atoms with van der Waals surface area (Å²) >= 11 is 0. The average molecular weight is 457 g/mol. The molecule has 0 heterocycles. The van der Waals surface area contributed by atoms with Crippen LogP contribution in [-0.4, -0.2) is 33.6 Å². The van der Waals surface area contributed by atoms with Crippen LogP contribution in [0.2, 0.25) is 0 Å². The van der Waals surface area contributed by atoms with Crippen molar-refractivity contribution in [1.82, 2.24) is 4.72 Å². The quantitative estimate of drug-likeness (QED) is 0.500. The van der Waals surface area contributed by atoms with Gasteiger partial charge in [-0.15, -0.1) is 0 Å². The highest BCUT2D eigenvalue weighted by molar-refractivity contribution is 7.89. The number of anilines is 1. The lowest BCUT2D eigenvalue weighted by atomic mass is 10.1. The van der Waals surface area contributed by atoms with Gasteiger partial charge in [0.05, 0.1) is 17.7 Å². The summed E-state index contributed by atoms with van der Waals surface area (Å²) in [6, 6.07) is 17.5. The normalized spacial score (nSPS) is 12.5. The van der Waals surface area contributed by atoms with Crippen LogP contribution in [0.25, 0.3) is 10.8 Å². The number of rotatable bonds is 9. The molecule has 0 aliphatic rings. The van der Waals surface area contributed by atoms with Gasteiger partial charge in [0.2, 0.25) is 10.0 Å². The SMILES string of the molecule is CC[C@@H](Oc1cccc2ccccc12)C(=O)Nc1cc(S(=O)(=O)NC(C)C)ccc1OC. The molecule has 0 aliphatic heterocycles. The van der Waals surface area contributed by atoms with Crippen molar-refractivity contribution in [3.05, 3.63) is 60.7 Å². The molecule has 0 saturated carbocycles. The highest BCUT2D eigenvalue weighted by Gasteiger charge is 2.23. The monoisotopic (exact) mass is 456 g/mol. The average Bonchev–Trinajstić information content (AvgIpc) is 2.76. The second kappa shape index (κ2) is 10.0. The van der Waals surface area contributed by atoms with Gasteiger partial charge in [-0.3, -0.25) is 4.79 Å². The molecule has 0 unspecified atom stereocenters. The highest BCUT2D eigenvalue weighted by atomic mass is 32.2. The van der Waals surface area contributed by atoms with Gasteiger partial charge in [0.25, 0.3) is 5.91 Å². The summed E-state index contributed by atoms with van der Waals surface area (Å²) in [7, 11) is -2.28. The van der Waals surface area contributed by atoms with Crippen molar-refractivity contribution in [2.45, 2.75) is 44.2 Å². The molecule has 8 heteroatoms. The van der Waals surface area contributed by atoms with Crippen LogP contribution >= 0.6 is 0 Å². The lowest BCUT2D eigenvalue weighted by Gasteiger charge is -2.20. The Bertz CT molecular complexity index is 1200. The number of nitrogens with one attached hydrogen (secondary N) is 2. The third-order valence-electron chi connectivity index (χ3n) is 4.81. The van der Waals surface area contributed by atoms with Crippen molar-refractivity contribution in [3.63, 3.8) is 0 Å². The van der Waals surface area contributed by atoms with Gasteiger partial charge in [-0.2, -0.15) is 0 Å². The van der Waals surface area contributed by atoms with Crippen LogP contribution in [0.3, 0.4) is 0 Å². The number of hydrogen-bond donors (Lipinski definition) is 2. The van der Waals surface area contributed by atoms with Gasteiger partial charge in [-0.1, -0.05) is 43.3 Å². The molecule has 0 fully saturated rings. The number of methoxy groups -OCH3 is 1. The number of hydrogen-bond acceptors (Lipinski definition) is 5. The Balaban J connectivity index is 1.86. The maximum Gasteiger partial charge on any atom is 0.265 e. The highest BCUT2D eigenvalue weighted by Crippen LogP contribution is 2.29. The molecule has 32 heavy (non-hydrogen) atoms. The number of carbonyl (C=O) groups is 1. The van der Waals surface area contributed by atoms with E-state index in [-0.39, 0.29) is 16.6 Å². The zero-order chi connectivity index (χ0) is 23.3. The summed E-state index contributed by atoms with van der Waals surface area (Å²) in [5.74, 6) is 0.557. The van der Waals surface area contributed by atoms with Crippen LogP contribution in [0.5, 0.6) is 11.5 Å². The number of benzene rings is 3. The van der Waals surface area contributed by atoms with Crippen molar-refractivity contribution >= 4 is 32.4 Å². The maximum atomic E-state index is 13.0. The molecule has 170 valence electrons. The molecule has 3 aromatic carbocycles. The fourth-order valence-corrected chi connectivity index (χ4v) is 4.59. The summed E-state index contributed by atoms with van der Waals surface area (Å²) in [6.45, 7) is 5.32. The zero-order valence-electron chi connectivity index (χ0n) is 18.6. The van der Waals surface area contributed by atoms with Gasteiger partial charge in [0, 0.05) is 11.4 Å². The van der Waals surface area contributed by atoms with E-state index in [1.165, 1.54) is 25.3 Å². The minimum absolute atomic E-state index is 0.0327. The maximum absolute atomic E-state index is 13.0. The second-order valence-corrected chi connectivity index (χ2v) is 9.33. The smallest absolute Gasteiger partial charge is 0.265 e. The second-order valence-electron chi connectivity index (χ2n) is 7.62. The molecule has 1 atom stereocenters. The molecule has 0 bridgehead atoms. The fraction of sp³-hybridized carbons (Fsp3) is 0.292. The van der Waals surface area contributed by atoms with Crippen molar-refractivity contribution in [1.29, 1.82) is 0 Å². The van der Waals surface area contributed by atoms with Crippen LogP contribution in [0.15, 0.2) is 65.6 Å². The first kappa shape index (κ1) is 23.6. The molecule has 2 N–H and O–H groups in total. The fourth-order valence-electron chi connectivity index (χ4n) is 3.32. The summed E-state index contributed by atoms with van der Waals surface area (Å²) < 4.78 is 39.0. The van der Waals surface area contributed by atoms with Crippen molar-refractivity contribution in [3.8, 4) is 11.5 Å². The van der Waals surface area contributed by atoms with Crippen LogP contribution in [0, 0.1) is 0 Å². The summed E-state index contributed by atoms with van der Waals surface area (Å²) in [6.07, 6.45) is -0.357. The largest absolute Gasteiger partial charge is 0.495 e. The molecular weight excluding hydrogens is 428 g/mol. The molecule has 7 nitrogen and oxygen atoms in total. The van der Waals surface area contributed by atoms with Crippen LogP contribution in [0.4, 0.5) is 5.69 Å². The van der Waals surface area contributed by atoms with E-state index in [2.05, 4.69) is 10.0 Å². The Hall–Kier alpha value is -3.10. The number of sulfonamides is 1. The van der Waals surface area contributed by atoms with Crippen LogP contribution in [-0.2, 0) is 14.8 Å². The Kier molecular flexibility index (Phi) is 7.37. The van der Waals surface area contributed by atoms with Gasteiger partial charge in [-0.25, -0.2) is 13.1 Å². The summed E-state index contributed by atoms with van der Waals surface area (Å²) in [4.78, 5) is 13.1. The Morgan fingerprint density at radius 1 is 1.00 bits per heavy atom. The standard InChI is InChI=1S/C24H28N2O5S/c1-5-21(31-22-12-8-10-17-9-6-7-11-19(17)22)24(27)25-20-15-18(13-14-23(20)30-4)32(28,29)26-16(2)3/h6-16,21,26H,5H2,1-4H3,(H,25,27)/t21-/m1/s1. The third kappa shape index (κ3) is 5.38. The van der Waals surface area contributed by atoms with E-state index in [1.54, 1.807) is 13.8 Å². The first-order chi connectivity index (χ1) is 15.2. The third-order valence-corrected chi connectivity index (χ3v) is 6.47. The van der Waals surface area contributed by atoms with E-state index >= 15 is 0 Å². The molecule has 3 aromatic rings. The van der Waals surface area contributed by atoms with Gasteiger partial charge in [0.15, 0.2) is 6.10 Å². The predicted octanol–water partition coefficient (Wildman–Crippen LogP) is 4.33. The van der Waals surface area contributed by atoms with Gasteiger partial charge < -0.3 is 14.8 Å². The number of carbonyl (C=O) groups excluding carboxylic acids is 1. The molecule has 1 amide bonds. The number of fused-ring (bicyclic) bond motifs is 1. The van der Waals surface area contributed by atoms with Crippen LogP contribution in [0.1, 0.15) is 27.2 Å². The predicted molar refractivity (Wildman–Crippen MR) is 126 cm³/mol. The van der Waals surface area contributed by atoms with E-state index < -0.39 is 22.0 Å². The van der Waals surface area contributed by atoms with E-state index in [1.807, 2.05) is 49.4 Å². The Labute approximate surface area is 188 Å². The Morgan fingerprint density at radius 3 is 2.41 bits per heavy atom. The lowest BCUT2D eigenvalue weighted by Crippen LogP contribution is -2.33. The number of ether oxygens (including phenoxy) is 2. The van der Waals surface area contributed by atoms with E-state index in [0.29, 0.717) is 17.9 Å². The molecule has 0 saturated heterocycles. The van der Waals surface area contributed by atoms with Gasteiger partial charge in [0.1, 0.15) is 11.5 Å². The molecule has 0 aromatic heterocycles. The topological polar surface area (TPSA) is 93.7 Å². The number of amides is 1. The summed E-state index contributed by atoms with van der Waals surface area (Å²) in [5, 5.41) is 4.69. The first-order valence-electron chi connectivity index (χ1n) is 10.4. The van der Waals surface area contributed by atoms with Gasteiger partial charge in [-0.05, 0) is 49.9 Å².